The molecule has 0 heterocycles. The summed E-state index contributed by atoms with van der Waals surface area (Å²) >= 11 is 3.48. The average molecular weight is 339 g/mol. The molecule has 2 aromatic rings. The molecule has 3 nitrogen and oxygen atoms in total. The molecule has 0 radical (unpaired) electrons. The number of hydrogen-bond donors (Lipinski definition) is 2. The molecule has 0 spiro atoms. The number of benzene rings is 2. The zero-order valence-corrected chi connectivity index (χ0v) is 12.7. The van der Waals surface area contributed by atoms with Crippen LogP contribution >= 0.6 is 15.9 Å². The molecule has 0 fully saturated rings. The number of nitrogens with one attached hydrogen (secondary N) is 1. The molecule has 0 atom stereocenters. The van der Waals surface area contributed by atoms with E-state index in [-0.39, 0.29) is 5.75 Å². The molecule has 0 aliphatic rings. The lowest BCUT2D eigenvalue weighted by atomic mass is 10.2. The molecular formula is C15H16BrFN2O. The van der Waals surface area contributed by atoms with Gasteiger partial charge in [-0.2, -0.15) is 0 Å². The standard InChI is InChI=1S/C15H16BrFN2O/c1-2-20-15-8-14(13(18)7-12(15)17)19-9-10-5-3-4-6-11(10)16/h3-8,19H,2,9,18H2,1H3. The van der Waals surface area contributed by atoms with Crippen LogP contribution in [-0.2, 0) is 6.54 Å². The second kappa shape index (κ2) is 6.61. The van der Waals surface area contributed by atoms with Gasteiger partial charge in [-0.05, 0) is 18.6 Å². The molecule has 2 rings (SSSR count). The van der Waals surface area contributed by atoms with Gasteiger partial charge >= 0.3 is 0 Å². The SMILES string of the molecule is CCOc1cc(NCc2ccccc2Br)c(N)cc1F. The molecule has 3 N–H and O–H groups in total. The summed E-state index contributed by atoms with van der Waals surface area (Å²) in [6.07, 6.45) is 0. The molecule has 0 saturated heterocycles. The Kier molecular flexibility index (Phi) is 4.84. The van der Waals surface area contributed by atoms with Gasteiger partial charge in [-0.15, -0.1) is 0 Å². The zero-order valence-electron chi connectivity index (χ0n) is 11.1. The number of hydrogen-bond acceptors (Lipinski definition) is 3. The minimum atomic E-state index is -0.448. The highest BCUT2D eigenvalue weighted by atomic mass is 79.9. The molecule has 0 unspecified atom stereocenters. The Balaban J connectivity index is 2.17. The fraction of sp³-hybridized carbons (Fsp3) is 0.200. The number of nitrogen functional groups attached to an aromatic ring is 1. The minimum absolute atomic E-state index is 0.205. The lowest BCUT2D eigenvalue weighted by Gasteiger charge is -2.13. The van der Waals surface area contributed by atoms with E-state index in [9.17, 15) is 4.39 Å². The van der Waals surface area contributed by atoms with Gasteiger partial charge in [0, 0.05) is 23.2 Å². The van der Waals surface area contributed by atoms with E-state index in [1.54, 1.807) is 6.07 Å². The van der Waals surface area contributed by atoms with Crippen LogP contribution in [0.15, 0.2) is 40.9 Å². The first-order valence-corrected chi connectivity index (χ1v) is 7.10. The van der Waals surface area contributed by atoms with Crippen molar-refractivity contribution in [3.63, 3.8) is 0 Å². The van der Waals surface area contributed by atoms with Crippen LogP contribution in [0.5, 0.6) is 5.75 Å². The number of rotatable bonds is 5. The highest BCUT2D eigenvalue weighted by Gasteiger charge is 2.09. The van der Waals surface area contributed by atoms with Gasteiger partial charge in [0.1, 0.15) is 0 Å². The third-order valence-corrected chi connectivity index (χ3v) is 3.60. The average Bonchev–Trinajstić information content (AvgIpc) is 2.42. The highest BCUT2D eigenvalue weighted by molar-refractivity contribution is 9.10. The summed E-state index contributed by atoms with van der Waals surface area (Å²) in [5.41, 5.74) is 7.93. The quantitative estimate of drug-likeness (QED) is 0.804. The molecule has 20 heavy (non-hydrogen) atoms. The zero-order chi connectivity index (χ0) is 14.5. The summed E-state index contributed by atoms with van der Waals surface area (Å²) in [6, 6.07) is 10.7. The summed E-state index contributed by atoms with van der Waals surface area (Å²) in [6.45, 7) is 2.80. The first-order valence-electron chi connectivity index (χ1n) is 6.31. The summed E-state index contributed by atoms with van der Waals surface area (Å²) in [7, 11) is 0. The monoisotopic (exact) mass is 338 g/mol. The fourth-order valence-corrected chi connectivity index (χ4v) is 2.25. The molecule has 0 bridgehead atoms. The fourth-order valence-electron chi connectivity index (χ4n) is 1.82. The molecule has 0 aliphatic heterocycles. The van der Waals surface area contributed by atoms with Crippen molar-refractivity contribution in [3.05, 3.63) is 52.3 Å². The third kappa shape index (κ3) is 3.42. The predicted octanol–water partition coefficient (Wildman–Crippen LogP) is 4.18. The first-order chi connectivity index (χ1) is 9.61. The molecule has 0 aromatic heterocycles. The van der Waals surface area contributed by atoms with E-state index in [0.717, 1.165) is 10.0 Å². The van der Waals surface area contributed by atoms with Gasteiger partial charge in [0.15, 0.2) is 11.6 Å². The Morgan fingerprint density at radius 3 is 2.75 bits per heavy atom. The molecule has 0 saturated carbocycles. The maximum absolute atomic E-state index is 13.6. The number of nitrogens with two attached hydrogens (primary N) is 1. The second-order valence-electron chi connectivity index (χ2n) is 4.25. The first kappa shape index (κ1) is 14.7. The minimum Gasteiger partial charge on any atom is -0.491 e. The molecule has 2 aromatic carbocycles. The Bertz CT molecular complexity index is 604. The van der Waals surface area contributed by atoms with Gasteiger partial charge in [0.25, 0.3) is 0 Å². The van der Waals surface area contributed by atoms with Crippen LogP contribution in [-0.4, -0.2) is 6.61 Å². The summed E-state index contributed by atoms with van der Waals surface area (Å²) in [5.74, 6) is -0.243. The van der Waals surface area contributed by atoms with Crippen molar-refractivity contribution >= 4 is 27.3 Å². The van der Waals surface area contributed by atoms with Crippen molar-refractivity contribution in [1.82, 2.24) is 0 Å². The van der Waals surface area contributed by atoms with E-state index in [1.165, 1.54) is 6.07 Å². The van der Waals surface area contributed by atoms with Gasteiger partial charge in [-0.25, -0.2) is 4.39 Å². The van der Waals surface area contributed by atoms with E-state index in [4.69, 9.17) is 10.5 Å². The van der Waals surface area contributed by atoms with Gasteiger partial charge in [0.2, 0.25) is 0 Å². The Morgan fingerprint density at radius 2 is 2.05 bits per heavy atom. The van der Waals surface area contributed by atoms with Crippen LogP contribution in [0.1, 0.15) is 12.5 Å². The summed E-state index contributed by atoms with van der Waals surface area (Å²) in [4.78, 5) is 0. The summed E-state index contributed by atoms with van der Waals surface area (Å²) in [5, 5.41) is 3.19. The van der Waals surface area contributed by atoms with Crippen LogP contribution in [0.2, 0.25) is 0 Å². The van der Waals surface area contributed by atoms with Gasteiger partial charge in [-0.1, -0.05) is 34.1 Å². The van der Waals surface area contributed by atoms with E-state index >= 15 is 0 Å². The molecular weight excluding hydrogens is 323 g/mol. The number of anilines is 2. The molecule has 5 heteroatoms. The highest BCUT2D eigenvalue weighted by Crippen LogP contribution is 2.29. The van der Waals surface area contributed by atoms with Crippen LogP contribution in [0.3, 0.4) is 0 Å². The maximum Gasteiger partial charge on any atom is 0.167 e. The smallest absolute Gasteiger partial charge is 0.167 e. The maximum atomic E-state index is 13.6. The van der Waals surface area contributed by atoms with Crippen LogP contribution in [0, 0.1) is 5.82 Å². The van der Waals surface area contributed by atoms with E-state index in [1.807, 2.05) is 31.2 Å². The Hall–Kier alpha value is -1.75. The second-order valence-corrected chi connectivity index (χ2v) is 5.10. The van der Waals surface area contributed by atoms with Crippen molar-refractivity contribution in [2.24, 2.45) is 0 Å². The number of halogens is 2. The Morgan fingerprint density at radius 1 is 1.30 bits per heavy atom. The molecule has 0 aliphatic carbocycles. The Labute approximate surface area is 126 Å². The van der Waals surface area contributed by atoms with Crippen molar-refractivity contribution in [2.45, 2.75) is 13.5 Å². The van der Waals surface area contributed by atoms with Gasteiger partial charge < -0.3 is 15.8 Å². The lowest BCUT2D eigenvalue weighted by Crippen LogP contribution is -2.05. The van der Waals surface area contributed by atoms with E-state index in [2.05, 4.69) is 21.2 Å². The normalized spacial score (nSPS) is 10.3. The molecule has 0 amide bonds. The topological polar surface area (TPSA) is 47.3 Å². The van der Waals surface area contributed by atoms with Crippen LogP contribution in [0.25, 0.3) is 0 Å². The molecule has 106 valence electrons. The van der Waals surface area contributed by atoms with E-state index in [0.29, 0.717) is 24.5 Å². The van der Waals surface area contributed by atoms with E-state index < -0.39 is 5.82 Å². The summed E-state index contributed by atoms with van der Waals surface area (Å²) < 4.78 is 19.8. The predicted molar refractivity (Wildman–Crippen MR) is 83.5 cm³/mol. The largest absolute Gasteiger partial charge is 0.491 e. The number of ether oxygens (including phenoxy) is 1. The lowest BCUT2D eigenvalue weighted by molar-refractivity contribution is 0.322. The third-order valence-electron chi connectivity index (χ3n) is 2.83. The van der Waals surface area contributed by atoms with Gasteiger partial charge in [0.05, 0.1) is 18.0 Å². The van der Waals surface area contributed by atoms with Crippen molar-refractivity contribution in [1.29, 1.82) is 0 Å². The van der Waals surface area contributed by atoms with Crippen molar-refractivity contribution in [3.8, 4) is 5.75 Å². The van der Waals surface area contributed by atoms with Gasteiger partial charge in [-0.3, -0.25) is 0 Å². The van der Waals surface area contributed by atoms with Crippen molar-refractivity contribution < 1.29 is 9.13 Å². The van der Waals surface area contributed by atoms with Crippen LogP contribution < -0.4 is 15.8 Å². The van der Waals surface area contributed by atoms with Crippen molar-refractivity contribution in [2.75, 3.05) is 17.7 Å². The van der Waals surface area contributed by atoms with Crippen LogP contribution in [0.4, 0.5) is 15.8 Å².